The van der Waals surface area contributed by atoms with Gasteiger partial charge in [-0.1, -0.05) is 11.5 Å². The highest BCUT2D eigenvalue weighted by atomic mass is 19.4. The second kappa shape index (κ2) is 2.46. The summed E-state index contributed by atoms with van der Waals surface area (Å²) >= 11 is 0. The summed E-state index contributed by atoms with van der Waals surface area (Å²) in [5.74, 6) is 0. The number of hydrogen-bond acceptors (Lipinski definition) is 0. The fourth-order valence-corrected chi connectivity index (χ4v) is 0.774. The third-order valence-electron chi connectivity index (χ3n) is 1.30. The van der Waals surface area contributed by atoms with Crippen LogP contribution < -0.4 is 0 Å². The van der Waals surface area contributed by atoms with Gasteiger partial charge in [-0.2, -0.15) is 13.2 Å². The van der Waals surface area contributed by atoms with Gasteiger partial charge in [0.2, 0.25) is 0 Å². The lowest BCUT2D eigenvalue weighted by Gasteiger charge is -2.09. The van der Waals surface area contributed by atoms with E-state index in [1.807, 2.05) is 0 Å². The van der Waals surface area contributed by atoms with Crippen molar-refractivity contribution in [2.24, 2.45) is 0 Å². The van der Waals surface area contributed by atoms with Gasteiger partial charge in [0.05, 0.1) is 5.57 Å². The lowest BCUT2D eigenvalue weighted by molar-refractivity contribution is -0.0892. The van der Waals surface area contributed by atoms with Crippen LogP contribution in [0.3, 0.4) is 0 Å². The first-order valence-corrected chi connectivity index (χ1v) is 2.98. The molecule has 0 nitrogen and oxygen atoms in total. The van der Waals surface area contributed by atoms with Gasteiger partial charge in [-0.3, -0.25) is 0 Å². The maximum absolute atomic E-state index is 12.0. The Balaban J connectivity index is 3.06. The summed E-state index contributed by atoms with van der Waals surface area (Å²) in [6.45, 7) is 1.36. The molecule has 0 aromatic carbocycles. The summed E-state index contributed by atoms with van der Waals surface area (Å²) in [6, 6.07) is 0. The first-order valence-electron chi connectivity index (χ1n) is 2.98. The highest BCUT2D eigenvalue weighted by Crippen LogP contribution is 2.31. The molecular weight excluding hydrogens is 153 g/mol. The first kappa shape index (κ1) is 7.93. The Morgan fingerprint density at radius 1 is 1.36 bits per heavy atom. The Morgan fingerprint density at radius 2 is 2.00 bits per heavy atom. The van der Waals surface area contributed by atoms with Crippen molar-refractivity contribution in [1.29, 1.82) is 0 Å². The van der Waals surface area contributed by atoms with Gasteiger partial charge in [0.1, 0.15) is 0 Å². The molecule has 58 valence electrons. The number of allylic oxidation sites excluding steroid dienone is 4. The summed E-state index contributed by atoms with van der Waals surface area (Å²) in [4.78, 5) is 0. The van der Waals surface area contributed by atoms with Crippen LogP contribution in [0.25, 0.3) is 0 Å². The maximum Gasteiger partial charge on any atom is 0.417 e. The number of rotatable bonds is 0. The molecule has 0 bridgehead atoms. The van der Waals surface area contributed by atoms with E-state index in [0.29, 0.717) is 0 Å². The summed E-state index contributed by atoms with van der Waals surface area (Å²) in [6.07, 6.45) is -2.07. The average Bonchev–Trinajstić information content (AvgIpc) is 1.86. The van der Waals surface area contributed by atoms with Crippen molar-refractivity contribution < 1.29 is 13.2 Å². The second-order valence-corrected chi connectivity index (χ2v) is 2.14. The van der Waals surface area contributed by atoms with E-state index in [9.17, 15) is 13.2 Å². The normalized spacial score (nSPS) is 16.4. The standard InChI is InChI=1S/C8H5F3/c1-6-4-2-3-5-7(6)8(9,10)11/h3,5H,1H3. The Morgan fingerprint density at radius 3 is 2.36 bits per heavy atom. The molecule has 0 aromatic rings. The minimum Gasteiger partial charge on any atom is -0.166 e. The third kappa shape index (κ3) is 1.64. The fourth-order valence-electron chi connectivity index (χ4n) is 0.774. The zero-order chi connectivity index (χ0) is 8.48. The molecule has 0 saturated heterocycles. The molecular formula is C8H5F3. The molecule has 0 radical (unpaired) electrons. The molecule has 0 unspecified atom stereocenters. The van der Waals surface area contributed by atoms with Crippen molar-refractivity contribution in [1.82, 2.24) is 0 Å². The SMILES string of the molecule is CC1=C=C=CC=C1C(F)(F)F. The Bertz CT molecular complexity index is 292. The molecule has 0 fully saturated rings. The van der Waals surface area contributed by atoms with E-state index in [4.69, 9.17) is 0 Å². The van der Waals surface area contributed by atoms with E-state index in [-0.39, 0.29) is 5.57 Å². The molecule has 1 aliphatic rings. The molecule has 1 aliphatic carbocycles. The Labute approximate surface area is 62.0 Å². The lowest BCUT2D eigenvalue weighted by Crippen LogP contribution is -2.12. The van der Waals surface area contributed by atoms with E-state index in [1.165, 1.54) is 13.0 Å². The Hall–Kier alpha value is -1.17. The third-order valence-corrected chi connectivity index (χ3v) is 1.30. The quantitative estimate of drug-likeness (QED) is 0.475. The van der Waals surface area contributed by atoms with Crippen LogP contribution in [-0.4, -0.2) is 6.18 Å². The van der Waals surface area contributed by atoms with Crippen molar-refractivity contribution in [3.8, 4) is 0 Å². The van der Waals surface area contributed by atoms with Crippen molar-refractivity contribution in [3.63, 3.8) is 0 Å². The van der Waals surface area contributed by atoms with Crippen LogP contribution in [0, 0.1) is 0 Å². The average molecular weight is 158 g/mol. The van der Waals surface area contributed by atoms with E-state index >= 15 is 0 Å². The molecule has 0 saturated carbocycles. The molecule has 0 amide bonds. The van der Waals surface area contributed by atoms with Gasteiger partial charge in [0.25, 0.3) is 0 Å². The van der Waals surface area contributed by atoms with Gasteiger partial charge in [-0.25, -0.2) is 0 Å². The van der Waals surface area contributed by atoms with E-state index < -0.39 is 11.7 Å². The number of hydrogen-bond donors (Lipinski definition) is 0. The van der Waals surface area contributed by atoms with Crippen molar-refractivity contribution in [2.45, 2.75) is 13.1 Å². The van der Waals surface area contributed by atoms with E-state index in [0.717, 1.165) is 6.08 Å². The smallest absolute Gasteiger partial charge is 0.166 e. The number of halogens is 3. The van der Waals surface area contributed by atoms with Gasteiger partial charge in [0, 0.05) is 5.57 Å². The van der Waals surface area contributed by atoms with E-state index in [1.54, 1.807) is 0 Å². The van der Waals surface area contributed by atoms with Crippen molar-refractivity contribution in [3.05, 3.63) is 34.8 Å². The second-order valence-electron chi connectivity index (χ2n) is 2.14. The molecule has 0 aromatic heterocycles. The number of alkyl halides is 3. The minimum absolute atomic E-state index is 0.0833. The van der Waals surface area contributed by atoms with Gasteiger partial charge >= 0.3 is 6.18 Å². The van der Waals surface area contributed by atoms with Crippen LogP contribution in [-0.2, 0) is 0 Å². The monoisotopic (exact) mass is 158 g/mol. The molecule has 0 atom stereocenters. The summed E-state index contributed by atoms with van der Waals surface area (Å²) in [5.41, 5.74) is 4.25. The summed E-state index contributed by atoms with van der Waals surface area (Å²) < 4.78 is 36.0. The minimum atomic E-state index is -4.27. The lowest BCUT2D eigenvalue weighted by atomic mass is 10.1. The van der Waals surface area contributed by atoms with Crippen LogP contribution in [0.1, 0.15) is 6.92 Å². The first-order chi connectivity index (χ1) is 5.02. The van der Waals surface area contributed by atoms with E-state index in [2.05, 4.69) is 11.5 Å². The summed E-state index contributed by atoms with van der Waals surface area (Å²) in [7, 11) is 0. The van der Waals surface area contributed by atoms with Crippen molar-refractivity contribution >= 4 is 0 Å². The van der Waals surface area contributed by atoms with Crippen LogP contribution in [0.2, 0.25) is 0 Å². The van der Waals surface area contributed by atoms with Crippen LogP contribution in [0.5, 0.6) is 0 Å². The predicted octanol–water partition coefficient (Wildman–Crippen LogP) is 2.75. The molecule has 11 heavy (non-hydrogen) atoms. The molecule has 0 N–H and O–H groups in total. The fraction of sp³-hybridized carbons (Fsp3) is 0.250. The summed E-state index contributed by atoms with van der Waals surface area (Å²) in [5, 5.41) is 0. The Kier molecular flexibility index (Phi) is 1.77. The van der Waals surface area contributed by atoms with Crippen LogP contribution >= 0.6 is 0 Å². The van der Waals surface area contributed by atoms with Gasteiger partial charge in [-0.05, 0) is 19.1 Å². The maximum atomic E-state index is 12.0. The molecule has 1 rings (SSSR count). The van der Waals surface area contributed by atoms with Gasteiger partial charge in [-0.15, -0.1) is 0 Å². The topological polar surface area (TPSA) is 0 Å². The molecule has 0 heterocycles. The van der Waals surface area contributed by atoms with Crippen LogP contribution in [0.15, 0.2) is 34.8 Å². The molecule has 0 spiro atoms. The highest BCUT2D eigenvalue weighted by molar-refractivity contribution is 5.37. The largest absolute Gasteiger partial charge is 0.417 e. The zero-order valence-corrected chi connectivity index (χ0v) is 5.79. The van der Waals surface area contributed by atoms with Gasteiger partial charge in [0.15, 0.2) is 0 Å². The predicted molar refractivity (Wildman–Crippen MR) is 34.9 cm³/mol. The zero-order valence-electron chi connectivity index (χ0n) is 5.79. The van der Waals surface area contributed by atoms with Crippen molar-refractivity contribution in [2.75, 3.05) is 0 Å². The molecule has 3 heteroatoms. The highest BCUT2D eigenvalue weighted by Gasteiger charge is 2.34. The molecule has 0 aliphatic heterocycles. The van der Waals surface area contributed by atoms with Crippen LogP contribution in [0.4, 0.5) is 13.2 Å². The van der Waals surface area contributed by atoms with Gasteiger partial charge < -0.3 is 0 Å².